The molecule has 2 heteroatoms. The van der Waals surface area contributed by atoms with Crippen LogP contribution in [-0.4, -0.2) is 0 Å². The smallest absolute Gasteiger partial charge is 0.0660 e. The van der Waals surface area contributed by atoms with Gasteiger partial charge < -0.3 is 10.6 Å². The zero-order chi connectivity index (χ0) is 43.7. The minimum absolute atomic E-state index is 0.492. The van der Waals surface area contributed by atoms with Gasteiger partial charge in [0.05, 0.1) is 5.41 Å². The molecular formula is C59H64N2. The molecule has 0 bridgehead atoms. The van der Waals surface area contributed by atoms with E-state index in [0.29, 0.717) is 0 Å². The number of aryl methyl sites for hydroxylation is 1. The summed E-state index contributed by atoms with van der Waals surface area (Å²) in [5.74, 6) is 0. The lowest BCUT2D eigenvalue weighted by atomic mass is 9.74. The molecule has 3 aliphatic rings. The lowest BCUT2D eigenvalue weighted by molar-refractivity contribution is 0.819. The highest BCUT2D eigenvalue weighted by Gasteiger charge is 2.48. The number of benzene rings is 5. The van der Waals surface area contributed by atoms with E-state index in [-0.39, 0.29) is 0 Å². The fourth-order valence-electron chi connectivity index (χ4n) is 9.01. The van der Waals surface area contributed by atoms with Gasteiger partial charge in [-0.25, -0.2) is 0 Å². The molecule has 1 atom stereocenters. The number of anilines is 3. The van der Waals surface area contributed by atoms with Crippen molar-refractivity contribution in [1.82, 2.24) is 0 Å². The van der Waals surface area contributed by atoms with Gasteiger partial charge in [0.25, 0.3) is 0 Å². The molecule has 0 aromatic heterocycles. The number of hydrogen-bond acceptors (Lipinski definition) is 2. The van der Waals surface area contributed by atoms with E-state index in [1.165, 1.54) is 61.2 Å². The van der Waals surface area contributed by atoms with Crippen LogP contribution >= 0.6 is 0 Å². The van der Waals surface area contributed by atoms with E-state index >= 15 is 0 Å². The molecule has 2 nitrogen and oxygen atoms in total. The molecule has 0 saturated heterocycles. The Bertz CT molecular complexity index is 2590. The average Bonchev–Trinajstić information content (AvgIpc) is 3.78. The quantitative estimate of drug-likeness (QED) is 0.143. The number of fused-ring (bicyclic) bond motifs is 7. The van der Waals surface area contributed by atoms with Crippen molar-refractivity contribution in [2.24, 2.45) is 5.73 Å². The van der Waals surface area contributed by atoms with Crippen molar-refractivity contribution in [3.63, 3.8) is 0 Å². The number of nitrogens with two attached hydrogens (primary N) is 1. The van der Waals surface area contributed by atoms with E-state index in [1.807, 2.05) is 33.8 Å². The largest absolute Gasteiger partial charge is 0.402 e. The summed E-state index contributed by atoms with van der Waals surface area (Å²) in [4.78, 5) is 2.41. The summed E-state index contributed by atoms with van der Waals surface area (Å²) in [6.45, 7) is 22.7. The van der Waals surface area contributed by atoms with E-state index in [9.17, 15) is 0 Å². The summed E-state index contributed by atoms with van der Waals surface area (Å²) < 4.78 is 0. The minimum Gasteiger partial charge on any atom is -0.402 e. The first-order valence-electron chi connectivity index (χ1n) is 22.3. The summed E-state index contributed by atoms with van der Waals surface area (Å²) >= 11 is 0. The minimum atomic E-state index is -0.492. The topological polar surface area (TPSA) is 29.3 Å². The van der Waals surface area contributed by atoms with Crippen molar-refractivity contribution < 1.29 is 0 Å². The predicted molar refractivity (Wildman–Crippen MR) is 269 cm³/mol. The van der Waals surface area contributed by atoms with Gasteiger partial charge in [0.15, 0.2) is 0 Å². The molecule has 0 saturated carbocycles. The van der Waals surface area contributed by atoms with Crippen molar-refractivity contribution in [1.29, 1.82) is 0 Å². The molecule has 2 N–H and O–H groups in total. The number of nitrogens with zero attached hydrogens (tertiary/aromatic N) is 1. The highest BCUT2D eigenvalue weighted by molar-refractivity contribution is 5.98. The van der Waals surface area contributed by atoms with Gasteiger partial charge in [0.1, 0.15) is 0 Å². The first-order chi connectivity index (χ1) is 29.8. The summed E-state index contributed by atoms with van der Waals surface area (Å²) in [7, 11) is 0. The first kappa shape index (κ1) is 44.2. The van der Waals surface area contributed by atoms with E-state index in [0.717, 1.165) is 58.7 Å². The van der Waals surface area contributed by atoms with Gasteiger partial charge in [0.2, 0.25) is 0 Å². The Hall–Kier alpha value is -6.38. The molecule has 5 aromatic carbocycles. The second-order valence-electron chi connectivity index (χ2n) is 15.7. The Morgan fingerprint density at radius 2 is 1.41 bits per heavy atom. The van der Waals surface area contributed by atoms with E-state index < -0.39 is 5.41 Å². The van der Waals surface area contributed by atoms with Gasteiger partial charge in [-0.2, -0.15) is 0 Å². The van der Waals surface area contributed by atoms with Gasteiger partial charge in [-0.3, -0.25) is 0 Å². The van der Waals surface area contributed by atoms with Crippen LogP contribution in [0.15, 0.2) is 187 Å². The van der Waals surface area contributed by atoms with E-state index in [1.54, 1.807) is 0 Å². The van der Waals surface area contributed by atoms with Crippen LogP contribution in [0.25, 0.3) is 27.8 Å². The lowest BCUT2D eigenvalue weighted by Crippen LogP contribution is -2.23. The second-order valence-corrected chi connectivity index (χ2v) is 15.7. The molecule has 0 amide bonds. The summed E-state index contributed by atoms with van der Waals surface area (Å²) in [5.41, 5.74) is 28.0. The normalized spacial score (nSPS) is 16.2. The van der Waals surface area contributed by atoms with Gasteiger partial charge in [-0.15, -0.1) is 0 Å². The molecule has 1 unspecified atom stereocenters. The Labute approximate surface area is 367 Å². The number of hydrogen-bond donors (Lipinski definition) is 1. The van der Waals surface area contributed by atoms with Crippen molar-refractivity contribution in [3.05, 3.63) is 226 Å². The van der Waals surface area contributed by atoms with Gasteiger partial charge in [0, 0.05) is 28.3 Å². The molecule has 0 radical (unpaired) electrons. The molecule has 310 valence electrons. The maximum absolute atomic E-state index is 6.87. The van der Waals surface area contributed by atoms with Gasteiger partial charge in [-0.1, -0.05) is 180 Å². The molecular weight excluding hydrogens is 737 g/mol. The van der Waals surface area contributed by atoms with Crippen molar-refractivity contribution >= 4 is 33.8 Å². The summed E-state index contributed by atoms with van der Waals surface area (Å²) in [6.07, 6.45) is 22.6. The fraction of sp³-hybridized carbons (Fsp3) is 0.220. The molecule has 1 spiro atoms. The van der Waals surface area contributed by atoms with Crippen molar-refractivity contribution in [3.8, 4) is 11.1 Å². The number of allylic oxidation sites excluding steroid dienone is 15. The summed E-state index contributed by atoms with van der Waals surface area (Å²) in [6, 6.07) is 41.1. The first-order valence-corrected chi connectivity index (χ1v) is 22.3. The lowest BCUT2D eigenvalue weighted by Gasteiger charge is -2.31. The zero-order valence-electron chi connectivity index (χ0n) is 37.9. The SMILES string of the molecule is C=C/C=C(\C=C(C)C)c1ccc(N(c2ccc(C3=CC=CCC3)cc2)c2ccc3c(c2)C2(C=C3C(/C=C\C)=C(\N)CC)c3ccccc3-c3ccc(C)cc32)cc1.CC.CC. The fourth-order valence-corrected chi connectivity index (χ4v) is 9.01. The Balaban J connectivity index is 0.00000151. The third-order valence-corrected chi connectivity index (χ3v) is 11.6. The van der Waals surface area contributed by atoms with Gasteiger partial charge in [-0.05, 0) is 145 Å². The van der Waals surface area contributed by atoms with Crippen LogP contribution in [0.2, 0.25) is 0 Å². The molecule has 0 aliphatic heterocycles. The second kappa shape index (κ2) is 19.8. The van der Waals surface area contributed by atoms with Gasteiger partial charge >= 0.3 is 0 Å². The zero-order valence-corrected chi connectivity index (χ0v) is 37.9. The molecule has 3 aliphatic carbocycles. The monoisotopic (exact) mass is 801 g/mol. The predicted octanol–water partition coefficient (Wildman–Crippen LogP) is 16.7. The Morgan fingerprint density at radius 1 is 0.770 bits per heavy atom. The molecule has 8 rings (SSSR count). The molecule has 61 heavy (non-hydrogen) atoms. The molecule has 0 fully saturated rings. The third-order valence-electron chi connectivity index (χ3n) is 11.6. The van der Waals surface area contributed by atoms with Crippen LogP contribution in [0.4, 0.5) is 17.1 Å². The molecule has 5 aromatic rings. The van der Waals surface area contributed by atoms with Crippen LogP contribution in [0, 0.1) is 6.92 Å². The van der Waals surface area contributed by atoms with Crippen molar-refractivity contribution in [2.75, 3.05) is 4.90 Å². The van der Waals surface area contributed by atoms with Crippen LogP contribution in [0.1, 0.15) is 114 Å². The maximum Gasteiger partial charge on any atom is 0.0660 e. The average molecular weight is 801 g/mol. The van der Waals surface area contributed by atoms with Crippen LogP contribution in [-0.2, 0) is 5.41 Å². The Kier molecular flexibility index (Phi) is 14.3. The van der Waals surface area contributed by atoms with Crippen molar-refractivity contribution in [2.45, 2.75) is 87.0 Å². The van der Waals surface area contributed by atoms with Crippen LogP contribution < -0.4 is 10.6 Å². The summed E-state index contributed by atoms with van der Waals surface area (Å²) in [5, 5.41) is 0. The third kappa shape index (κ3) is 8.50. The van der Waals surface area contributed by atoms with Crippen LogP contribution in [0.5, 0.6) is 0 Å². The highest BCUT2D eigenvalue weighted by Crippen LogP contribution is 2.60. The standard InChI is InChI=1S/C55H52N2.2C2H6/c1-7-15-42(33-37(4)5)41-24-28-44(29-25-41)57(43-26-22-40(23-27-43)39-17-11-10-12-18-39)45-30-32-48-50(49(16-8-2)54(56)9-3)36-55(53(48)35-45)51-20-14-13-19-46(51)47-31-21-38(6)34-52(47)55;2*1-2/h7-8,10-11,13-17,19-36H,1,9,12,18,56H2,2-6H3;2*1-2H3/b16-8-,42-15+,54-49-;;. The maximum atomic E-state index is 6.87. The Morgan fingerprint density at radius 3 is 2.05 bits per heavy atom. The number of rotatable bonds is 10. The van der Waals surface area contributed by atoms with E-state index in [2.05, 4.69) is 204 Å². The van der Waals surface area contributed by atoms with Crippen LogP contribution in [0.3, 0.4) is 0 Å². The molecule has 0 heterocycles. The van der Waals surface area contributed by atoms with E-state index in [4.69, 9.17) is 5.73 Å². The highest BCUT2D eigenvalue weighted by atomic mass is 15.1.